The largest absolute Gasteiger partial charge is 0.338 e. The highest BCUT2D eigenvalue weighted by Gasteiger charge is 2.30. The zero-order valence-electron chi connectivity index (χ0n) is 13.2. The van der Waals surface area contributed by atoms with Gasteiger partial charge in [0.05, 0.1) is 0 Å². The van der Waals surface area contributed by atoms with E-state index in [1.54, 1.807) is 0 Å². The van der Waals surface area contributed by atoms with Crippen molar-refractivity contribution in [2.24, 2.45) is 7.05 Å². The summed E-state index contributed by atoms with van der Waals surface area (Å²) in [7, 11) is 4.00. The number of imidazole rings is 1. The number of rotatable bonds is 6. The minimum Gasteiger partial charge on any atom is -0.338 e. The van der Waals surface area contributed by atoms with E-state index in [0.29, 0.717) is 6.04 Å². The van der Waals surface area contributed by atoms with Gasteiger partial charge in [0, 0.05) is 37.3 Å². The smallest absolute Gasteiger partial charge is 0.123 e. The molecular formula is C17H24FN3. The lowest BCUT2D eigenvalue weighted by molar-refractivity contribution is 0.337. The van der Waals surface area contributed by atoms with Crippen molar-refractivity contribution < 1.29 is 4.39 Å². The molecule has 0 saturated carbocycles. The highest BCUT2D eigenvalue weighted by molar-refractivity contribution is 5.26. The maximum Gasteiger partial charge on any atom is 0.123 e. The van der Waals surface area contributed by atoms with Crippen LogP contribution in [-0.4, -0.2) is 22.6 Å². The second-order valence-electron chi connectivity index (χ2n) is 6.06. The Hall–Kier alpha value is -1.68. The third-order valence-electron chi connectivity index (χ3n) is 4.39. The van der Waals surface area contributed by atoms with Crippen LogP contribution in [0.2, 0.25) is 0 Å². The van der Waals surface area contributed by atoms with Crippen LogP contribution in [0, 0.1) is 5.82 Å². The zero-order chi connectivity index (χ0) is 15.5. The molecule has 0 aliphatic heterocycles. The number of halogens is 1. The van der Waals surface area contributed by atoms with E-state index in [2.05, 4.69) is 28.7 Å². The van der Waals surface area contributed by atoms with E-state index < -0.39 is 0 Å². The molecule has 0 aliphatic carbocycles. The lowest BCUT2D eigenvalue weighted by Gasteiger charge is -2.35. The van der Waals surface area contributed by atoms with E-state index >= 15 is 0 Å². The van der Waals surface area contributed by atoms with E-state index in [-0.39, 0.29) is 11.2 Å². The highest BCUT2D eigenvalue weighted by Crippen LogP contribution is 2.29. The highest BCUT2D eigenvalue weighted by atomic mass is 19.1. The molecule has 4 heteroatoms. The van der Waals surface area contributed by atoms with Crippen LogP contribution < -0.4 is 5.32 Å². The van der Waals surface area contributed by atoms with E-state index in [1.807, 2.05) is 38.6 Å². The third-order valence-corrected chi connectivity index (χ3v) is 4.39. The van der Waals surface area contributed by atoms with Crippen LogP contribution in [-0.2, 0) is 18.9 Å². The zero-order valence-corrected chi connectivity index (χ0v) is 13.2. The molecule has 1 heterocycles. The summed E-state index contributed by atoms with van der Waals surface area (Å²) in [6, 6.07) is 7.10. The summed E-state index contributed by atoms with van der Waals surface area (Å²) in [6.45, 7) is 4.39. The summed E-state index contributed by atoms with van der Waals surface area (Å²) in [4.78, 5) is 4.37. The molecule has 2 aromatic rings. The van der Waals surface area contributed by atoms with Gasteiger partial charge in [0.25, 0.3) is 0 Å². The molecule has 0 radical (unpaired) electrons. The number of nitrogens with one attached hydrogen (secondary N) is 1. The summed E-state index contributed by atoms with van der Waals surface area (Å²) in [5, 5.41) is 3.41. The number of aryl methyl sites for hydroxylation is 2. The predicted molar refractivity (Wildman–Crippen MR) is 83.8 cm³/mol. The van der Waals surface area contributed by atoms with Gasteiger partial charge in [0.15, 0.2) is 0 Å². The number of aromatic nitrogens is 2. The van der Waals surface area contributed by atoms with Crippen LogP contribution in [0.5, 0.6) is 0 Å². The maximum absolute atomic E-state index is 13.1. The van der Waals surface area contributed by atoms with Gasteiger partial charge >= 0.3 is 0 Å². The van der Waals surface area contributed by atoms with Gasteiger partial charge in [-0.1, -0.05) is 26.0 Å². The fourth-order valence-electron chi connectivity index (χ4n) is 2.86. The Kier molecular flexibility index (Phi) is 4.78. The monoisotopic (exact) mass is 289 g/mol. The minimum absolute atomic E-state index is 0.0758. The van der Waals surface area contributed by atoms with Gasteiger partial charge in [-0.15, -0.1) is 0 Å². The van der Waals surface area contributed by atoms with Crippen molar-refractivity contribution in [2.75, 3.05) is 7.05 Å². The van der Waals surface area contributed by atoms with Crippen LogP contribution in [0.25, 0.3) is 0 Å². The Morgan fingerprint density at radius 3 is 2.48 bits per heavy atom. The number of hydrogen-bond donors (Lipinski definition) is 1. The second kappa shape index (κ2) is 6.39. The van der Waals surface area contributed by atoms with Crippen molar-refractivity contribution in [3.05, 3.63) is 53.9 Å². The second-order valence-corrected chi connectivity index (χ2v) is 6.06. The summed E-state index contributed by atoms with van der Waals surface area (Å²) < 4.78 is 15.2. The Bertz CT molecular complexity index is 572. The standard InChI is InChI=1S/C17H24FN3/c1-17(2,13-5-7-14(18)8-6-13)15(19-3)9-10-16-20-11-12-21(16)4/h5-8,11-12,15,19H,9-10H2,1-4H3. The number of benzene rings is 1. The SMILES string of the molecule is CNC(CCc1nccn1C)C(C)(C)c1ccc(F)cc1. The first-order valence-electron chi connectivity index (χ1n) is 7.34. The molecule has 2 rings (SSSR count). The van der Waals surface area contributed by atoms with Gasteiger partial charge in [-0.2, -0.15) is 0 Å². The first kappa shape index (κ1) is 15.7. The van der Waals surface area contributed by atoms with Crippen molar-refractivity contribution in [3.63, 3.8) is 0 Å². The molecule has 1 aromatic carbocycles. The molecule has 1 aromatic heterocycles. The van der Waals surface area contributed by atoms with Gasteiger partial charge in [-0.3, -0.25) is 0 Å². The number of likely N-dealkylation sites (N-methyl/N-ethyl adjacent to an activating group) is 1. The Morgan fingerprint density at radius 2 is 1.95 bits per heavy atom. The molecule has 0 amide bonds. The molecule has 1 atom stereocenters. The average molecular weight is 289 g/mol. The van der Waals surface area contributed by atoms with Crippen molar-refractivity contribution in [1.29, 1.82) is 0 Å². The summed E-state index contributed by atoms with van der Waals surface area (Å²) in [6.07, 6.45) is 5.69. The first-order chi connectivity index (χ1) is 9.95. The van der Waals surface area contributed by atoms with Crippen molar-refractivity contribution >= 4 is 0 Å². The van der Waals surface area contributed by atoms with Gasteiger partial charge < -0.3 is 9.88 Å². The van der Waals surface area contributed by atoms with E-state index in [9.17, 15) is 4.39 Å². The van der Waals surface area contributed by atoms with Gasteiger partial charge in [0.1, 0.15) is 11.6 Å². The van der Waals surface area contributed by atoms with Gasteiger partial charge in [-0.05, 0) is 31.2 Å². The molecule has 3 nitrogen and oxygen atoms in total. The Balaban J connectivity index is 2.11. The van der Waals surface area contributed by atoms with Gasteiger partial charge in [-0.25, -0.2) is 9.37 Å². The van der Waals surface area contributed by atoms with Crippen LogP contribution in [0.1, 0.15) is 31.7 Å². The molecule has 114 valence electrons. The topological polar surface area (TPSA) is 29.9 Å². The molecule has 0 saturated heterocycles. The third kappa shape index (κ3) is 3.50. The Morgan fingerprint density at radius 1 is 1.29 bits per heavy atom. The summed E-state index contributed by atoms with van der Waals surface area (Å²) in [5.41, 5.74) is 1.07. The van der Waals surface area contributed by atoms with Crippen molar-refractivity contribution in [1.82, 2.24) is 14.9 Å². The lowest BCUT2D eigenvalue weighted by Crippen LogP contribution is -2.43. The molecule has 0 aliphatic rings. The van der Waals surface area contributed by atoms with Crippen molar-refractivity contribution in [3.8, 4) is 0 Å². The van der Waals surface area contributed by atoms with E-state index in [1.165, 1.54) is 12.1 Å². The van der Waals surface area contributed by atoms with E-state index in [0.717, 1.165) is 24.2 Å². The fraction of sp³-hybridized carbons (Fsp3) is 0.471. The quantitative estimate of drug-likeness (QED) is 0.886. The molecule has 21 heavy (non-hydrogen) atoms. The molecule has 1 unspecified atom stereocenters. The molecule has 0 bridgehead atoms. The average Bonchev–Trinajstić information content (AvgIpc) is 2.85. The minimum atomic E-state index is -0.191. The Labute approximate surface area is 126 Å². The maximum atomic E-state index is 13.1. The van der Waals surface area contributed by atoms with Crippen LogP contribution in [0.15, 0.2) is 36.7 Å². The van der Waals surface area contributed by atoms with E-state index in [4.69, 9.17) is 0 Å². The van der Waals surface area contributed by atoms with Crippen LogP contribution in [0.3, 0.4) is 0 Å². The molecule has 0 spiro atoms. The molecular weight excluding hydrogens is 265 g/mol. The predicted octanol–water partition coefficient (Wildman–Crippen LogP) is 3.06. The molecule has 0 fully saturated rings. The van der Waals surface area contributed by atoms with Crippen molar-refractivity contribution in [2.45, 2.75) is 38.1 Å². The molecule has 1 N–H and O–H groups in total. The number of nitrogens with zero attached hydrogens (tertiary/aromatic N) is 2. The first-order valence-corrected chi connectivity index (χ1v) is 7.34. The van der Waals surface area contributed by atoms with Crippen LogP contribution >= 0.6 is 0 Å². The fourth-order valence-corrected chi connectivity index (χ4v) is 2.86. The summed E-state index contributed by atoms with van der Waals surface area (Å²) in [5.74, 6) is 0.897. The van der Waals surface area contributed by atoms with Gasteiger partial charge in [0.2, 0.25) is 0 Å². The number of hydrogen-bond acceptors (Lipinski definition) is 2. The van der Waals surface area contributed by atoms with Crippen LogP contribution in [0.4, 0.5) is 4.39 Å². The lowest BCUT2D eigenvalue weighted by atomic mass is 9.76. The summed E-state index contributed by atoms with van der Waals surface area (Å²) >= 11 is 0. The normalized spacial score (nSPS) is 13.4.